The summed E-state index contributed by atoms with van der Waals surface area (Å²) in [5, 5.41) is 0. The summed E-state index contributed by atoms with van der Waals surface area (Å²) in [4.78, 5) is 7.10. The molecular formula is C21H34IN3O2. The molecule has 3 rings (SSSR count). The van der Waals surface area contributed by atoms with E-state index in [1.54, 1.807) is 7.11 Å². The van der Waals surface area contributed by atoms with Crippen molar-refractivity contribution in [1.82, 2.24) is 4.90 Å². The van der Waals surface area contributed by atoms with E-state index in [-0.39, 0.29) is 29.4 Å². The number of guanidine groups is 1. The molecule has 0 saturated carbocycles. The summed E-state index contributed by atoms with van der Waals surface area (Å²) < 4.78 is 11.3. The molecule has 0 spiro atoms. The second-order valence-corrected chi connectivity index (χ2v) is 7.94. The van der Waals surface area contributed by atoms with Gasteiger partial charge in [-0.2, -0.15) is 0 Å². The molecule has 0 amide bonds. The Morgan fingerprint density at radius 2 is 1.96 bits per heavy atom. The highest BCUT2D eigenvalue weighted by atomic mass is 127. The maximum atomic E-state index is 6.36. The summed E-state index contributed by atoms with van der Waals surface area (Å²) in [7, 11) is 1.74. The maximum absolute atomic E-state index is 6.36. The molecule has 0 radical (unpaired) electrons. The average Bonchev–Trinajstić information content (AvgIpc) is 2.67. The lowest BCUT2D eigenvalue weighted by Gasteiger charge is -2.38. The van der Waals surface area contributed by atoms with Crippen LogP contribution in [-0.4, -0.2) is 50.8 Å². The molecule has 2 aliphatic heterocycles. The maximum Gasteiger partial charge on any atom is 0.191 e. The lowest BCUT2D eigenvalue weighted by molar-refractivity contribution is 0.0521. The van der Waals surface area contributed by atoms with Crippen LogP contribution in [0.3, 0.4) is 0 Å². The summed E-state index contributed by atoms with van der Waals surface area (Å²) in [5.74, 6) is 2.42. The fourth-order valence-electron chi connectivity index (χ4n) is 4.08. The van der Waals surface area contributed by atoms with E-state index < -0.39 is 0 Å². The van der Waals surface area contributed by atoms with E-state index in [4.69, 9.17) is 20.2 Å². The molecule has 152 valence electrons. The van der Waals surface area contributed by atoms with Gasteiger partial charge in [-0.25, -0.2) is 0 Å². The largest absolute Gasteiger partial charge is 0.496 e. The SMILES string of the molecule is COc1ccc(C)cc1C1(CN=C(N)N2CCC(C)CC2)CCOCC1.I. The van der Waals surface area contributed by atoms with E-state index in [1.165, 1.54) is 24.0 Å². The Labute approximate surface area is 180 Å². The van der Waals surface area contributed by atoms with Crippen molar-refractivity contribution in [2.45, 2.75) is 44.9 Å². The van der Waals surface area contributed by atoms with Crippen molar-refractivity contribution in [2.24, 2.45) is 16.6 Å². The van der Waals surface area contributed by atoms with Crippen molar-refractivity contribution in [3.05, 3.63) is 29.3 Å². The first-order valence-corrected chi connectivity index (χ1v) is 9.82. The van der Waals surface area contributed by atoms with Gasteiger partial charge in [-0.05, 0) is 44.6 Å². The summed E-state index contributed by atoms with van der Waals surface area (Å²) in [6.45, 7) is 8.67. The molecule has 0 aliphatic carbocycles. The number of aryl methyl sites for hydroxylation is 1. The Kier molecular flexibility index (Phi) is 8.21. The molecule has 2 N–H and O–H groups in total. The van der Waals surface area contributed by atoms with Crippen LogP contribution in [0.5, 0.6) is 5.75 Å². The Bertz CT molecular complexity index is 636. The highest BCUT2D eigenvalue weighted by Gasteiger charge is 2.37. The monoisotopic (exact) mass is 487 g/mol. The number of hydrogen-bond acceptors (Lipinski definition) is 3. The van der Waals surface area contributed by atoms with Crippen molar-refractivity contribution in [3.63, 3.8) is 0 Å². The number of methoxy groups -OCH3 is 1. The molecular weight excluding hydrogens is 453 g/mol. The van der Waals surface area contributed by atoms with E-state index >= 15 is 0 Å². The quantitative estimate of drug-likeness (QED) is 0.400. The number of aliphatic imine (C=N–C) groups is 1. The second-order valence-electron chi connectivity index (χ2n) is 7.94. The average molecular weight is 487 g/mol. The molecule has 0 bridgehead atoms. The number of ether oxygens (including phenoxy) is 2. The number of benzene rings is 1. The van der Waals surface area contributed by atoms with Crippen molar-refractivity contribution in [2.75, 3.05) is 40.0 Å². The van der Waals surface area contributed by atoms with E-state index in [0.29, 0.717) is 12.5 Å². The van der Waals surface area contributed by atoms with Gasteiger partial charge < -0.3 is 20.1 Å². The van der Waals surface area contributed by atoms with Crippen LogP contribution in [0, 0.1) is 12.8 Å². The van der Waals surface area contributed by atoms with Gasteiger partial charge >= 0.3 is 0 Å². The topological polar surface area (TPSA) is 60.1 Å². The fraction of sp³-hybridized carbons (Fsp3) is 0.667. The van der Waals surface area contributed by atoms with Gasteiger partial charge in [0.2, 0.25) is 0 Å². The summed E-state index contributed by atoms with van der Waals surface area (Å²) in [6.07, 6.45) is 4.28. The molecule has 2 heterocycles. The number of nitrogens with two attached hydrogens (primary N) is 1. The minimum absolute atomic E-state index is 0. The van der Waals surface area contributed by atoms with Crippen LogP contribution < -0.4 is 10.5 Å². The molecule has 1 aromatic rings. The summed E-state index contributed by atoms with van der Waals surface area (Å²) in [6, 6.07) is 6.42. The number of piperidine rings is 1. The highest BCUT2D eigenvalue weighted by Crippen LogP contribution is 2.40. The summed E-state index contributed by atoms with van der Waals surface area (Å²) >= 11 is 0. The first-order valence-electron chi connectivity index (χ1n) is 9.82. The fourth-order valence-corrected chi connectivity index (χ4v) is 4.08. The smallest absolute Gasteiger partial charge is 0.191 e. The van der Waals surface area contributed by atoms with E-state index in [2.05, 4.69) is 36.9 Å². The van der Waals surface area contributed by atoms with E-state index in [0.717, 1.165) is 50.8 Å². The van der Waals surface area contributed by atoms with Crippen molar-refractivity contribution in [3.8, 4) is 5.75 Å². The third kappa shape index (κ3) is 5.28. The molecule has 0 unspecified atom stereocenters. The van der Waals surface area contributed by atoms with Crippen LogP contribution in [-0.2, 0) is 10.2 Å². The van der Waals surface area contributed by atoms with Gasteiger partial charge in [0.1, 0.15) is 5.75 Å². The normalized spacial score (nSPS) is 20.9. The van der Waals surface area contributed by atoms with E-state index in [9.17, 15) is 0 Å². The molecule has 6 heteroatoms. The van der Waals surface area contributed by atoms with Gasteiger partial charge in [-0.15, -0.1) is 24.0 Å². The zero-order valence-corrected chi connectivity index (χ0v) is 19.2. The molecule has 2 aliphatic rings. The minimum atomic E-state index is -0.0662. The third-order valence-corrected chi connectivity index (χ3v) is 6.03. The van der Waals surface area contributed by atoms with Gasteiger partial charge in [0.25, 0.3) is 0 Å². The molecule has 2 saturated heterocycles. The highest BCUT2D eigenvalue weighted by molar-refractivity contribution is 14.0. The Morgan fingerprint density at radius 3 is 2.59 bits per heavy atom. The number of likely N-dealkylation sites (tertiary alicyclic amines) is 1. The molecule has 0 atom stereocenters. The van der Waals surface area contributed by atoms with Crippen LogP contribution >= 0.6 is 24.0 Å². The van der Waals surface area contributed by atoms with Gasteiger partial charge in [0.05, 0.1) is 13.7 Å². The lowest BCUT2D eigenvalue weighted by atomic mass is 9.73. The molecule has 27 heavy (non-hydrogen) atoms. The minimum Gasteiger partial charge on any atom is -0.496 e. The van der Waals surface area contributed by atoms with Gasteiger partial charge in [0.15, 0.2) is 5.96 Å². The van der Waals surface area contributed by atoms with Gasteiger partial charge in [-0.1, -0.05) is 24.6 Å². The van der Waals surface area contributed by atoms with Crippen LogP contribution in [0.1, 0.15) is 43.7 Å². The Balaban J connectivity index is 0.00000261. The van der Waals surface area contributed by atoms with Crippen molar-refractivity contribution >= 4 is 29.9 Å². The van der Waals surface area contributed by atoms with Crippen molar-refractivity contribution < 1.29 is 9.47 Å². The Hall–Kier alpha value is -1.02. The predicted octanol–water partition coefficient (Wildman–Crippen LogP) is 3.72. The van der Waals surface area contributed by atoms with Crippen LogP contribution in [0.15, 0.2) is 23.2 Å². The number of rotatable bonds is 4. The molecule has 0 aromatic heterocycles. The van der Waals surface area contributed by atoms with Crippen molar-refractivity contribution in [1.29, 1.82) is 0 Å². The summed E-state index contributed by atoms with van der Waals surface area (Å²) in [5.41, 5.74) is 8.78. The van der Waals surface area contributed by atoms with Gasteiger partial charge in [0, 0.05) is 37.3 Å². The Morgan fingerprint density at radius 1 is 1.30 bits per heavy atom. The molecule has 5 nitrogen and oxygen atoms in total. The van der Waals surface area contributed by atoms with E-state index in [1.807, 2.05) is 0 Å². The molecule has 1 aromatic carbocycles. The van der Waals surface area contributed by atoms with Crippen LogP contribution in [0.25, 0.3) is 0 Å². The zero-order valence-electron chi connectivity index (χ0n) is 16.9. The number of halogens is 1. The van der Waals surface area contributed by atoms with Crippen LogP contribution in [0.2, 0.25) is 0 Å². The van der Waals surface area contributed by atoms with Crippen LogP contribution in [0.4, 0.5) is 0 Å². The third-order valence-electron chi connectivity index (χ3n) is 6.03. The number of nitrogens with zero attached hydrogens (tertiary/aromatic N) is 2. The first kappa shape index (κ1) is 22.3. The second kappa shape index (κ2) is 9.96. The predicted molar refractivity (Wildman–Crippen MR) is 121 cm³/mol. The molecule has 2 fully saturated rings. The standard InChI is InChI=1S/C21H33N3O2.HI/c1-16-6-10-24(11-7-16)20(22)23-15-21(8-12-26-13-9-21)18-14-17(2)4-5-19(18)25-3;/h4-5,14,16H,6-13,15H2,1-3H3,(H2,22,23);1H. The number of hydrogen-bond donors (Lipinski definition) is 1. The zero-order chi connectivity index (χ0) is 18.6. The van der Waals surface area contributed by atoms with Gasteiger partial charge in [-0.3, -0.25) is 4.99 Å². The lowest BCUT2D eigenvalue weighted by Crippen LogP contribution is -2.44. The first-order chi connectivity index (χ1) is 12.5.